The topological polar surface area (TPSA) is 73.6 Å². The fourth-order valence-corrected chi connectivity index (χ4v) is 4.29. The van der Waals surface area contributed by atoms with Gasteiger partial charge in [-0.15, -0.1) is 10.2 Å². The van der Waals surface area contributed by atoms with Crippen LogP contribution in [-0.4, -0.2) is 32.8 Å². The molecule has 1 atom stereocenters. The van der Waals surface area contributed by atoms with Crippen LogP contribution in [0.1, 0.15) is 22.6 Å². The number of nitrogens with zero attached hydrogens (tertiary/aromatic N) is 4. The Labute approximate surface area is 175 Å². The van der Waals surface area contributed by atoms with Gasteiger partial charge in [-0.3, -0.25) is 9.38 Å². The van der Waals surface area contributed by atoms with Gasteiger partial charge < -0.3 is 14.8 Å². The smallest absolute Gasteiger partial charge is 0.172 e. The second-order valence-corrected chi connectivity index (χ2v) is 7.75. The molecule has 1 N–H and O–H groups in total. The molecule has 0 radical (unpaired) electrons. The Morgan fingerprint density at radius 2 is 1.94 bits per heavy atom. The summed E-state index contributed by atoms with van der Waals surface area (Å²) in [5.41, 5.74) is 3.14. The maximum absolute atomic E-state index is 14.7. The summed E-state index contributed by atoms with van der Waals surface area (Å²) in [6, 6.07) is 6.20. The number of pyridine rings is 2. The predicted octanol–water partition coefficient (Wildman–Crippen LogP) is 3.86. The standard InChI is InChI=1S/C22H17F2N5O2/c1-11-4-16(24)20(25-6-11)13-5-18-22(29-10-27-28-21(13)29)26-7-14-15(23)2-3-17-19(14)12(8-30-17)9-31-18/h2-6,10,12,26H,7-9H2,1H3/t12-/m0/s1. The molecule has 9 heteroatoms. The summed E-state index contributed by atoms with van der Waals surface area (Å²) in [7, 11) is 0. The maximum Gasteiger partial charge on any atom is 0.172 e. The van der Waals surface area contributed by atoms with E-state index in [0.29, 0.717) is 40.7 Å². The Kier molecular flexibility index (Phi) is 3.86. The molecule has 4 aromatic rings. The molecule has 0 amide bonds. The Morgan fingerprint density at radius 1 is 1.10 bits per heavy atom. The van der Waals surface area contributed by atoms with Crippen LogP contribution in [-0.2, 0) is 6.54 Å². The first-order chi connectivity index (χ1) is 15.1. The summed E-state index contributed by atoms with van der Waals surface area (Å²) < 4.78 is 43.0. The molecule has 0 saturated carbocycles. The zero-order valence-corrected chi connectivity index (χ0v) is 16.5. The molecule has 3 aromatic heterocycles. The number of benzene rings is 1. The van der Waals surface area contributed by atoms with E-state index >= 15 is 0 Å². The van der Waals surface area contributed by atoms with E-state index in [9.17, 15) is 8.78 Å². The first kappa shape index (κ1) is 18.1. The molecule has 5 heterocycles. The van der Waals surface area contributed by atoms with Crippen LogP contribution in [0.25, 0.3) is 16.9 Å². The highest BCUT2D eigenvalue weighted by Gasteiger charge is 2.32. The second-order valence-electron chi connectivity index (χ2n) is 7.75. The summed E-state index contributed by atoms with van der Waals surface area (Å²) in [6.45, 7) is 2.71. The fraction of sp³-hybridized carbons (Fsp3) is 0.227. The molecule has 156 valence electrons. The highest BCUT2D eigenvalue weighted by molar-refractivity contribution is 5.80. The lowest BCUT2D eigenvalue weighted by molar-refractivity contribution is 0.249. The van der Waals surface area contributed by atoms with Gasteiger partial charge in [0.1, 0.15) is 29.4 Å². The van der Waals surface area contributed by atoms with Crippen LogP contribution in [0, 0.1) is 18.6 Å². The maximum atomic E-state index is 14.7. The van der Waals surface area contributed by atoms with Crippen LogP contribution >= 0.6 is 0 Å². The quantitative estimate of drug-likeness (QED) is 0.503. The van der Waals surface area contributed by atoms with E-state index < -0.39 is 5.82 Å². The summed E-state index contributed by atoms with van der Waals surface area (Å²) in [6.07, 6.45) is 3.11. The van der Waals surface area contributed by atoms with Crippen LogP contribution in [0.4, 0.5) is 14.6 Å². The highest BCUT2D eigenvalue weighted by atomic mass is 19.1. The van der Waals surface area contributed by atoms with Crippen molar-refractivity contribution in [2.24, 2.45) is 0 Å². The number of anilines is 1. The zero-order chi connectivity index (χ0) is 21.1. The summed E-state index contributed by atoms with van der Waals surface area (Å²) in [5.74, 6) is 0.860. The third-order valence-electron chi connectivity index (χ3n) is 5.75. The number of fused-ring (bicyclic) bond motifs is 3. The van der Waals surface area contributed by atoms with Crippen molar-refractivity contribution in [1.29, 1.82) is 0 Å². The lowest BCUT2D eigenvalue weighted by Crippen LogP contribution is -2.13. The number of halogens is 2. The number of hydrogen-bond donors (Lipinski definition) is 1. The molecule has 2 aliphatic heterocycles. The van der Waals surface area contributed by atoms with Crippen molar-refractivity contribution in [2.45, 2.75) is 19.4 Å². The van der Waals surface area contributed by atoms with Gasteiger partial charge in [-0.05, 0) is 36.8 Å². The Bertz CT molecular complexity index is 1350. The van der Waals surface area contributed by atoms with E-state index in [2.05, 4.69) is 20.5 Å². The molecule has 0 spiro atoms. The van der Waals surface area contributed by atoms with E-state index in [4.69, 9.17) is 9.47 Å². The van der Waals surface area contributed by atoms with Gasteiger partial charge in [-0.2, -0.15) is 0 Å². The Hall–Kier alpha value is -3.75. The molecule has 1 aromatic carbocycles. The summed E-state index contributed by atoms with van der Waals surface area (Å²) in [4.78, 5) is 4.27. The van der Waals surface area contributed by atoms with E-state index in [1.54, 1.807) is 29.7 Å². The normalized spacial score (nSPS) is 16.9. The number of hydrogen-bond acceptors (Lipinski definition) is 6. The van der Waals surface area contributed by atoms with Gasteiger partial charge in [0.2, 0.25) is 0 Å². The van der Waals surface area contributed by atoms with Crippen molar-refractivity contribution in [2.75, 3.05) is 18.5 Å². The van der Waals surface area contributed by atoms with Gasteiger partial charge >= 0.3 is 0 Å². The lowest BCUT2D eigenvalue weighted by atomic mass is 9.96. The minimum Gasteiger partial charge on any atom is -0.493 e. The fourth-order valence-electron chi connectivity index (χ4n) is 4.29. The Balaban J connectivity index is 1.53. The largest absolute Gasteiger partial charge is 0.493 e. The minimum absolute atomic E-state index is 0.109. The van der Waals surface area contributed by atoms with Crippen molar-refractivity contribution in [3.8, 4) is 22.8 Å². The van der Waals surface area contributed by atoms with Crippen molar-refractivity contribution in [3.05, 3.63) is 65.1 Å². The predicted molar refractivity (Wildman–Crippen MR) is 108 cm³/mol. The van der Waals surface area contributed by atoms with Crippen molar-refractivity contribution >= 4 is 11.5 Å². The lowest BCUT2D eigenvalue weighted by Gasteiger charge is -2.16. The molecule has 31 heavy (non-hydrogen) atoms. The van der Waals surface area contributed by atoms with E-state index in [1.807, 2.05) is 0 Å². The average molecular weight is 421 g/mol. The van der Waals surface area contributed by atoms with Gasteiger partial charge in [-0.25, -0.2) is 8.78 Å². The van der Waals surface area contributed by atoms with Gasteiger partial charge in [0, 0.05) is 23.9 Å². The molecule has 0 fully saturated rings. The second kappa shape index (κ2) is 6.63. The number of aryl methyl sites for hydroxylation is 1. The molecule has 0 aliphatic carbocycles. The van der Waals surface area contributed by atoms with Crippen LogP contribution in [0.15, 0.2) is 36.8 Å². The highest BCUT2D eigenvalue weighted by Crippen LogP contribution is 2.41. The van der Waals surface area contributed by atoms with Crippen LogP contribution in [0.3, 0.4) is 0 Å². The molecular formula is C22H17F2N5O2. The minimum atomic E-state index is -0.454. The van der Waals surface area contributed by atoms with Gasteiger partial charge in [0.25, 0.3) is 0 Å². The SMILES string of the molecule is Cc1cnc(-c2cc3c(n4cnnc24)NCc2c(F)ccc4c2[C@@H](CO4)CO3)c(F)c1. The molecule has 7 nitrogen and oxygen atoms in total. The average Bonchev–Trinajstić information content (AvgIpc) is 3.40. The molecule has 0 unspecified atom stereocenters. The Morgan fingerprint density at radius 3 is 2.77 bits per heavy atom. The van der Waals surface area contributed by atoms with Crippen molar-refractivity contribution < 1.29 is 18.3 Å². The molecular weight excluding hydrogens is 404 g/mol. The third kappa shape index (κ3) is 2.73. The van der Waals surface area contributed by atoms with E-state index in [1.165, 1.54) is 18.5 Å². The molecule has 2 aliphatic rings. The first-order valence-corrected chi connectivity index (χ1v) is 9.90. The number of rotatable bonds is 1. The van der Waals surface area contributed by atoms with E-state index in [0.717, 1.165) is 11.1 Å². The van der Waals surface area contributed by atoms with Crippen LogP contribution < -0.4 is 14.8 Å². The number of nitrogens with one attached hydrogen (secondary N) is 1. The van der Waals surface area contributed by atoms with Crippen LogP contribution in [0.5, 0.6) is 11.5 Å². The van der Waals surface area contributed by atoms with Crippen molar-refractivity contribution in [1.82, 2.24) is 19.6 Å². The van der Waals surface area contributed by atoms with Gasteiger partial charge in [0.05, 0.1) is 24.7 Å². The first-order valence-electron chi connectivity index (χ1n) is 9.90. The monoisotopic (exact) mass is 421 g/mol. The number of aromatic nitrogens is 4. The molecule has 0 saturated heterocycles. The summed E-state index contributed by atoms with van der Waals surface area (Å²) >= 11 is 0. The third-order valence-corrected chi connectivity index (χ3v) is 5.75. The molecule has 6 rings (SSSR count). The van der Waals surface area contributed by atoms with Crippen LogP contribution in [0.2, 0.25) is 0 Å². The van der Waals surface area contributed by atoms with Crippen molar-refractivity contribution in [3.63, 3.8) is 0 Å². The zero-order valence-electron chi connectivity index (χ0n) is 16.5. The van der Waals surface area contributed by atoms with Gasteiger partial charge in [0.15, 0.2) is 17.2 Å². The van der Waals surface area contributed by atoms with Gasteiger partial charge in [-0.1, -0.05) is 0 Å². The number of ether oxygens (including phenoxy) is 2. The molecule has 0 bridgehead atoms. The summed E-state index contributed by atoms with van der Waals surface area (Å²) in [5, 5.41) is 11.4. The van der Waals surface area contributed by atoms with E-state index in [-0.39, 0.29) is 30.6 Å².